The lowest BCUT2D eigenvalue weighted by Gasteiger charge is -2.15. The zero-order chi connectivity index (χ0) is 13.1. The molecule has 1 aromatic rings. The lowest BCUT2D eigenvalue weighted by molar-refractivity contribution is -0.117. The van der Waals surface area contributed by atoms with Crippen molar-refractivity contribution in [1.29, 1.82) is 0 Å². The molecule has 0 spiro atoms. The monoisotopic (exact) mass is 347 g/mol. The lowest BCUT2D eigenvalue weighted by atomic mass is 10.2. The van der Waals surface area contributed by atoms with Crippen LogP contribution in [0.4, 0.5) is 5.69 Å². The van der Waals surface area contributed by atoms with Crippen LogP contribution in [0, 0.1) is 6.92 Å². The Bertz CT molecular complexity index is 456. The fourth-order valence-electron chi connectivity index (χ4n) is 2.12. The predicted octanol–water partition coefficient (Wildman–Crippen LogP) is 2.15. The van der Waals surface area contributed by atoms with Crippen molar-refractivity contribution < 1.29 is 4.79 Å². The fourth-order valence-corrected chi connectivity index (χ4v) is 2.71. The minimum Gasteiger partial charge on any atom is -0.326 e. The highest BCUT2D eigenvalue weighted by Gasteiger charge is 2.21. The molecule has 1 fully saturated rings. The topological polar surface area (TPSA) is 58.4 Å². The molecule has 1 unspecified atom stereocenters. The van der Waals surface area contributed by atoms with E-state index in [4.69, 9.17) is 5.73 Å². The van der Waals surface area contributed by atoms with Gasteiger partial charge in [0.25, 0.3) is 0 Å². The summed E-state index contributed by atoms with van der Waals surface area (Å²) in [6, 6.07) is 6.09. The number of hydrogen-bond acceptors (Lipinski definition) is 3. The molecule has 1 aromatic carbocycles. The van der Waals surface area contributed by atoms with Gasteiger partial charge in [-0.15, -0.1) is 12.4 Å². The van der Waals surface area contributed by atoms with Crippen molar-refractivity contribution in [1.82, 2.24) is 4.90 Å². The number of likely N-dealkylation sites (tertiary alicyclic amines) is 1. The van der Waals surface area contributed by atoms with Crippen LogP contribution in [0.15, 0.2) is 22.7 Å². The van der Waals surface area contributed by atoms with Crippen molar-refractivity contribution in [3.8, 4) is 0 Å². The number of carbonyl (C=O) groups excluding carboxylic acids is 1. The molecule has 1 aliphatic rings. The van der Waals surface area contributed by atoms with Crippen molar-refractivity contribution >= 4 is 39.9 Å². The van der Waals surface area contributed by atoms with Gasteiger partial charge in [0.05, 0.1) is 12.2 Å². The number of nitrogens with zero attached hydrogens (tertiary/aromatic N) is 1. The summed E-state index contributed by atoms with van der Waals surface area (Å²) in [5, 5.41) is 2.91. The molecule has 0 saturated carbocycles. The van der Waals surface area contributed by atoms with Gasteiger partial charge in [-0.25, -0.2) is 0 Å². The van der Waals surface area contributed by atoms with Gasteiger partial charge in [-0.3, -0.25) is 9.69 Å². The largest absolute Gasteiger partial charge is 0.326 e. The van der Waals surface area contributed by atoms with Crippen LogP contribution >= 0.6 is 28.3 Å². The van der Waals surface area contributed by atoms with E-state index >= 15 is 0 Å². The van der Waals surface area contributed by atoms with Crippen LogP contribution in [0.3, 0.4) is 0 Å². The second kappa shape index (κ2) is 7.24. The maximum Gasteiger partial charge on any atom is 0.238 e. The number of nitrogens with one attached hydrogen (secondary N) is 1. The highest BCUT2D eigenvalue weighted by Crippen LogP contribution is 2.23. The summed E-state index contributed by atoms with van der Waals surface area (Å²) in [4.78, 5) is 14.0. The number of nitrogens with two attached hydrogens (primary N) is 1. The molecule has 1 heterocycles. The van der Waals surface area contributed by atoms with Crippen LogP contribution in [-0.4, -0.2) is 36.5 Å². The summed E-state index contributed by atoms with van der Waals surface area (Å²) in [5.74, 6) is 0.00801. The van der Waals surface area contributed by atoms with Crippen LogP contribution in [0.1, 0.15) is 12.0 Å². The number of anilines is 1. The van der Waals surface area contributed by atoms with Crippen LogP contribution in [0.2, 0.25) is 0 Å². The minimum atomic E-state index is 0. The number of carbonyl (C=O) groups is 1. The Labute approximate surface area is 128 Å². The summed E-state index contributed by atoms with van der Waals surface area (Å²) < 4.78 is 0.911. The molecule has 19 heavy (non-hydrogen) atoms. The summed E-state index contributed by atoms with van der Waals surface area (Å²) in [7, 11) is 0. The first-order valence-electron chi connectivity index (χ1n) is 6.08. The van der Waals surface area contributed by atoms with E-state index in [-0.39, 0.29) is 24.4 Å². The first-order chi connectivity index (χ1) is 8.54. The van der Waals surface area contributed by atoms with Gasteiger partial charge < -0.3 is 11.1 Å². The summed E-state index contributed by atoms with van der Waals surface area (Å²) in [6.07, 6.45) is 0.974. The van der Waals surface area contributed by atoms with E-state index in [9.17, 15) is 4.79 Å². The van der Waals surface area contributed by atoms with Gasteiger partial charge in [0.15, 0.2) is 0 Å². The molecule has 2 rings (SSSR count). The van der Waals surface area contributed by atoms with Gasteiger partial charge in [0.1, 0.15) is 0 Å². The van der Waals surface area contributed by atoms with Crippen LogP contribution in [0.5, 0.6) is 0 Å². The molecular formula is C13H19BrClN3O. The first-order valence-corrected chi connectivity index (χ1v) is 6.88. The third-order valence-electron chi connectivity index (χ3n) is 3.07. The maximum atomic E-state index is 11.9. The van der Waals surface area contributed by atoms with Gasteiger partial charge in [0, 0.05) is 23.6 Å². The highest BCUT2D eigenvalue weighted by molar-refractivity contribution is 9.10. The molecule has 3 N–H and O–H groups in total. The molecule has 1 saturated heterocycles. The van der Waals surface area contributed by atoms with Gasteiger partial charge in [-0.1, -0.05) is 6.07 Å². The Morgan fingerprint density at radius 1 is 1.58 bits per heavy atom. The van der Waals surface area contributed by atoms with E-state index in [1.807, 2.05) is 25.1 Å². The molecule has 1 atom stereocenters. The smallest absolute Gasteiger partial charge is 0.238 e. The average Bonchev–Trinajstić information content (AvgIpc) is 2.68. The quantitative estimate of drug-likeness (QED) is 0.880. The first kappa shape index (κ1) is 16.4. The van der Waals surface area contributed by atoms with Crippen LogP contribution in [0.25, 0.3) is 0 Å². The summed E-state index contributed by atoms with van der Waals surface area (Å²) >= 11 is 3.45. The lowest BCUT2D eigenvalue weighted by Crippen LogP contribution is -2.33. The third-order valence-corrected chi connectivity index (χ3v) is 3.73. The number of amides is 1. The zero-order valence-electron chi connectivity index (χ0n) is 10.9. The Hall–Kier alpha value is -0.620. The van der Waals surface area contributed by atoms with E-state index in [1.54, 1.807) is 0 Å². The Balaban J connectivity index is 0.00000180. The highest BCUT2D eigenvalue weighted by atomic mass is 79.9. The maximum absolute atomic E-state index is 11.9. The standard InChI is InChI=1S/C13H18BrN3O.ClH/c1-9-2-3-12(11(14)6-9)16-13(18)8-17-5-4-10(15)7-17;/h2-3,6,10H,4-5,7-8,15H2,1H3,(H,16,18);1H. The van der Waals surface area contributed by atoms with Gasteiger partial charge >= 0.3 is 0 Å². The van der Waals surface area contributed by atoms with Crippen LogP contribution in [-0.2, 0) is 4.79 Å². The van der Waals surface area contributed by atoms with E-state index in [0.29, 0.717) is 6.54 Å². The molecule has 1 amide bonds. The zero-order valence-corrected chi connectivity index (χ0v) is 13.3. The van der Waals surface area contributed by atoms with E-state index in [0.717, 1.165) is 35.2 Å². The predicted molar refractivity (Wildman–Crippen MR) is 83.8 cm³/mol. The Morgan fingerprint density at radius 2 is 2.32 bits per heavy atom. The number of hydrogen-bond donors (Lipinski definition) is 2. The molecule has 0 aromatic heterocycles. The Morgan fingerprint density at radius 3 is 2.89 bits per heavy atom. The molecular weight excluding hydrogens is 330 g/mol. The van der Waals surface area contributed by atoms with Gasteiger partial charge in [-0.2, -0.15) is 0 Å². The van der Waals surface area contributed by atoms with Gasteiger partial charge in [-0.05, 0) is 47.0 Å². The van der Waals surface area contributed by atoms with Gasteiger partial charge in [0.2, 0.25) is 5.91 Å². The summed E-state index contributed by atoms with van der Waals surface area (Å²) in [6.45, 7) is 4.14. The molecule has 1 aliphatic heterocycles. The molecule has 0 aliphatic carbocycles. The van der Waals surface area contributed by atoms with Crippen molar-refractivity contribution in [2.75, 3.05) is 25.0 Å². The van der Waals surface area contributed by atoms with E-state index in [2.05, 4.69) is 26.1 Å². The van der Waals surface area contributed by atoms with Crippen molar-refractivity contribution in [2.45, 2.75) is 19.4 Å². The molecule has 0 radical (unpaired) electrons. The van der Waals surface area contributed by atoms with Crippen molar-refractivity contribution in [2.24, 2.45) is 5.73 Å². The molecule has 6 heteroatoms. The third kappa shape index (κ3) is 4.76. The van der Waals surface area contributed by atoms with Crippen LogP contribution < -0.4 is 11.1 Å². The van der Waals surface area contributed by atoms with E-state index < -0.39 is 0 Å². The second-order valence-electron chi connectivity index (χ2n) is 4.82. The number of aryl methyl sites for hydroxylation is 1. The fraction of sp³-hybridized carbons (Fsp3) is 0.462. The summed E-state index contributed by atoms with van der Waals surface area (Å²) in [5.41, 5.74) is 7.79. The molecule has 106 valence electrons. The SMILES string of the molecule is Cc1ccc(NC(=O)CN2CCC(N)C2)c(Br)c1.Cl. The Kier molecular flexibility index (Phi) is 6.26. The van der Waals surface area contributed by atoms with Crippen molar-refractivity contribution in [3.63, 3.8) is 0 Å². The molecule has 0 bridgehead atoms. The van der Waals surface area contributed by atoms with Crippen molar-refractivity contribution in [3.05, 3.63) is 28.2 Å². The average molecular weight is 349 g/mol. The van der Waals surface area contributed by atoms with E-state index in [1.165, 1.54) is 0 Å². The normalized spacial score (nSPS) is 19.0. The molecule has 4 nitrogen and oxygen atoms in total. The second-order valence-corrected chi connectivity index (χ2v) is 5.67. The minimum absolute atomic E-state index is 0. The number of halogens is 2. The number of benzene rings is 1. The number of rotatable bonds is 3.